The highest BCUT2D eigenvalue weighted by Gasteiger charge is 2.17. The SMILES string of the molecule is COC(c1ccccc1)c1nc(Br)cc(Br)n1. The molecule has 3 nitrogen and oxygen atoms in total. The van der Waals surface area contributed by atoms with Crippen LogP contribution in [0.15, 0.2) is 45.6 Å². The maximum atomic E-state index is 5.47. The summed E-state index contributed by atoms with van der Waals surface area (Å²) in [6, 6.07) is 11.7. The fraction of sp³-hybridized carbons (Fsp3) is 0.167. The first-order valence-electron chi connectivity index (χ1n) is 4.98. The number of hydrogen-bond acceptors (Lipinski definition) is 3. The summed E-state index contributed by atoms with van der Waals surface area (Å²) in [5, 5.41) is 0. The molecule has 1 unspecified atom stereocenters. The highest BCUT2D eigenvalue weighted by atomic mass is 79.9. The minimum atomic E-state index is -0.259. The molecular formula is C12H10Br2N2O. The molecule has 88 valence electrons. The number of hydrogen-bond donors (Lipinski definition) is 0. The van der Waals surface area contributed by atoms with Crippen LogP contribution in [0.3, 0.4) is 0 Å². The van der Waals surface area contributed by atoms with Crippen molar-refractivity contribution in [3.05, 3.63) is 57.0 Å². The molecule has 0 N–H and O–H groups in total. The van der Waals surface area contributed by atoms with E-state index in [9.17, 15) is 0 Å². The Morgan fingerprint density at radius 3 is 2.18 bits per heavy atom. The van der Waals surface area contributed by atoms with Crippen LogP contribution >= 0.6 is 31.9 Å². The van der Waals surface area contributed by atoms with Gasteiger partial charge in [-0.3, -0.25) is 0 Å². The van der Waals surface area contributed by atoms with Crippen molar-refractivity contribution in [2.75, 3.05) is 7.11 Å². The maximum Gasteiger partial charge on any atom is 0.164 e. The van der Waals surface area contributed by atoms with E-state index in [-0.39, 0.29) is 6.10 Å². The van der Waals surface area contributed by atoms with Crippen LogP contribution in [-0.2, 0) is 4.74 Å². The Hall–Kier alpha value is -0.780. The quantitative estimate of drug-likeness (QED) is 0.785. The number of benzene rings is 1. The van der Waals surface area contributed by atoms with Crippen LogP contribution in [0.1, 0.15) is 17.5 Å². The number of rotatable bonds is 3. The summed E-state index contributed by atoms with van der Waals surface area (Å²) >= 11 is 6.69. The summed E-state index contributed by atoms with van der Waals surface area (Å²) in [6.45, 7) is 0. The standard InChI is InChI=1S/C12H10Br2N2O/c1-17-11(8-5-3-2-4-6-8)12-15-9(13)7-10(14)16-12/h2-7,11H,1H3. The minimum Gasteiger partial charge on any atom is -0.369 e. The second-order valence-corrected chi connectivity index (χ2v) is 5.02. The van der Waals surface area contributed by atoms with Gasteiger partial charge in [0.15, 0.2) is 5.82 Å². The van der Waals surface area contributed by atoms with Crippen molar-refractivity contribution in [1.82, 2.24) is 9.97 Å². The molecule has 2 rings (SSSR count). The minimum absolute atomic E-state index is 0.259. The lowest BCUT2D eigenvalue weighted by Gasteiger charge is -2.14. The summed E-state index contributed by atoms with van der Waals surface area (Å²) in [5.41, 5.74) is 1.03. The summed E-state index contributed by atoms with van der Waals surface area (Å²) in [5.74, 6) is 0.625. The van der Waals surface area contributed by atoms with Crippen molar-refractivity contribution in [2.24, 2.45) is 0 Å². The van der Waals surface area contributed by atoms with Gasteiger partial charge < -0.3 is 4.74 Å². The van der Waals surface area contributed by atoms with Crippen LogP contribution in [0.5, 0.6) is 0 Å². The molecule has 0 bridgehead atoms. The summed E-state index contributed by atoms with van der Waals surface area (Å²) in [7, 11) is 1.65. The third-order valence-electron chi connectivity index (χ3n) is 2.25. The molecule has 1 heterocycles. The van der Waals surface area contributed by atoms with E-state index in [1.54, 1.807) is 13.2 Å². The van der Waals surface area contributed by atoms with E-state index in [0.717, 1.165) is 14.8 Å². The highest BCUT2D eigenvalue weighted by Crippen LogP contribution is 2.25. The lowest BCUT2D eigenvalue weighted by molar-refractivity contribution is 0.128. The molecule has 17 heavy (non-hydrogen) atoms. The fourth-order valence-electron chi connectivity index (χ4n) is 1.54. The molecule has 0 amide bonds. The zero-order valence-corrected chi connectivity index (χ0v) is 12.3. The fourth-order valence-corrected chi connectivity index (χ4v) is 2.65. The molecule has 0 radical (unpaired) electrons. The third kappa shape index (κ3) is 3.12. The molecule has 2 aromatic rings. The number of ether oxygens (including phenoxy) is 1. The van der Waals surface area contributed by atoms with Gasteiger partial charge in [-0.15, -0.1) is 0 Å². The topological polar surface area (TPSA) is 35.0 Å². The molecule has 0 aliphatic rings. The predicted octanol–water partition coefficient (Wildman–Crippen LogP) is 3.74. The van der Waals surface area contributed by atoms with Gasteiger partial charge >= 0.3 is 0 Å². The largest absolute Gasteiger partial charge is 0.369 e. The van der Waals surface area contributed by atoms with E-state index in [1.807, 2.05) is 30.3 Å². The molecule has 1 aromatic heterocycles. The van der Waals surface area contributed by atoms with Gasteiger partial charge in [0.1, 0.15) is 15.3 Å². The Bertz CT molecular complexity index is 485. The Labute approximate surface area is 117 Å². The molecule has 0 saturated carbocycles. The van der Waals surface area contributed by atoms with Gasteiger partial charge in [0, 0.05) is 13.2 Å². The van der Waals surface area contributed by atoms with Gasteiger partial charge in [0.2, 0.25) is 0 Å². The van der Waals surface area contributed by atoms with E-state index in [2.05, 4.69) is 41.8 Å². The zero-order chi connectivity index (χ0) is 12.3. The monoisotopic (exact) mass is 356 g/mol. The van der Waals surface area contributed by atoms with Gasteiger partial charge in [0.05, 0.1) is 0 Å². The van der Waals surface area contributed by atoms with Gasteiger partial charge in [-0.2, -0.15) is 0 Å². The third-order valence-corrected chi connectivity index (χ3v) is 3.07. The van der Waals surface area contributed by atoms with E-state index in [0.29, 0.717) is 5.82 Å². The number of halogens is 2. The second-order valence-electron chi connectivity index (χ2n) is 3.40. The van der Waals surface area contributed by atoms with E-state index in [1.165, 1.54) is 0 Å². The summed E-state index contributed by atoms with van der Waals surface area (Å²) in [4.78, 5) is 8.66. The van der Waals surface area contributed by atoms with Gasteiger partial charge in [0.25, 0.3) is 0 Å². The number of nitrogens with zero attached hydrogens (tertiary/aromatic N) is 2. The van der Waals surface area contributed by atoms with E-state index >= 15 is 0 Å². The zero-order valence-electron chi connectivity index (χ0n) is 9.10. The average molecular weight is 358 g/mol. The predicted molar refractivity (Wildman–Crippen MR) is 72.7 cm³/mol. The number of methoxy groups -OCH3 is 1. The van der Waals surface area contributed by atoms with Crippen molar-refractivity contribution in [2.45, 2.75) is 6.10 Å². The van der Waals surface area contributed by atoms with Gasteiger partial charge in [-0.1, -0.05) is 30.3 Å². The maximum absolute atomic E-state index is 5.47. The van der Waals surface area contributed by atoms with Crippen LogP contribution in [0.25, 0.3) is 0 Å². The van der Waals surface area contributed by atoms with E-state index < -0.39 is 0 Å². The lowest BCUT2D eigenvalue weighted by Crippen LogP contribution is -2.08. The Morgan fingerprint density at radius 2 is 1.65 bits per heavy atom. The smallest absolute Gasteiger partial charge is 0.164 e. The second kappa shape index (κ2) is 5.71. The van der Waals surface area contributed by atoms with E-state index in [4.69, 9.17) is 4.74 Å². The Kier molecular flexibility index (Phi) is 4.25. The summed E-state index contributed by atoms with van der Waals surface area (Å²) in [6.07, 6.45) is -0.259. The van der Waals surface area contributed by atoms with Crippen LogP contribution in [0, 0.1) is 0 Å². The average Bonchev–Trinajstić information content (AvgIpc) is 2.30. The first kappa shape index (κ1) is 12.7. The van der Waals surface area contributed by atoms with Crippen LogP contribution < -0.4 is 0 Å². The first-order chi connectivity index (χ1) is 8.20. The molecular weight excluding hydrogens is 348 g/mol. The molecule has 0 saturated heterocycles. The molecule has 0 aliphatic carbocycles. The van der Waals surface area contributed by atoms with Crippen molar-refractivity contribution in [3.63, 3.8) is 0 Å². The van der Waals surface area contributed by atoms with Crippen molar-refractivity contribution < 1.29 is 4.74 Å². The molecule has 1 aromatic carbocycles. The summed E-state index contributed by atoms with van der Waals surface area (Å²) < 4.78 is 6.92. The van der Waals surface area contributed by atoms with Gasteiger partial charge in [-0.05, 0) is 37.4 Å². The molecule has 0 fully saturated rings. The highest BCUT2D eigenvalue weighted by molar-refractivity contribution is 9.11. The number of aromatic nitrogens is 2. The molecule has 1 atom stereocenters. The van der Waals surface area contributed by atoms with Crippen LogP contribution in [0.2, 0.25) is 0 Å². The molecule has 5 heteroatoms. The Morgan fingerprint density at radius 1 is 1.06 bits per heavy atom. The van der Waals surface area contributed by atoms with Crippen molar-refractivity contribution in [3.8, 4) is 0 Å². The first-order valence-corrected chi connectivity index (χ1v) is 6.57. The van der Waals surface area contributed by atoms with Gasteiger partial charge in [-0.25, -0.2) is 9.97 Å². The van der Waals surface area contributed by atoms with Crippen LogP contribution in [0.4, 0.5) is 0 Å². The van der Waals surface area contributed by atoms with Crippen LogP contribution in [-0.4, -0.2) is 17.1 Å². The molecule has 0 spiro atoms. The molecule has 0 aliphatic heterocycles. The van der Waals surface area contributed by atoms with Crippen molar-refractivity contribution >= 4 is 31.9 Å². The van der Waals surface area contributed by atoms with Crippen molar-refractivity contribution in [1.29, 1.82) is 0 Å². The lowest BCUT2D eigenvalue weighted by atomic mass is 10.1. The Balaban J connectivity index is 2.42. The normalized spacial score (nSPS) is 12.4.